The number of thiazole rings is 1. The molecular weight excluding hydrogens is 293 g/mol. The largest absolute Gasteiger partial charge is 0.479 e. The van der Waals surface area contributed by atoms with Crippen molar-refractivity contribution in [3.05, 3.63) is 41.3 Å². The average molecular weight is 303 g/mol. The molecule has 0 atom stereocenters. The van der Waals surface area contributed by atoms with Gasteiger partial charge in [-0.05, 0) is 6.07 Å². The highest BCUT2D eigenvalue weighted by Gasteiger charge is 2.19. The van der Waals surface area contributed by atoms with Crippen molar-refractivity contribution >= 4 is 27.5 Å². The summed E-state index contributed by atoms with van der Waals surface area (Å²) in [6.07, 6.45) is 1.50. The van der Waals surface area contributed by atoms with Gasteiger partial charge in [-0.15, -0.1) is 11.3 Å². The fourth-order valence-electron chi connectivity index (χ4n) is 2.02. The van der Waals surface area contributed by atoms with Crippen molar-refractivity contribution in [3.8, 4) is 17.0 Å². The van der Waals surface area contributed by atoms with Crippen LogP contribution in [0.25, 0.3) is 21.3 Å². The van der Waals surface area contributed by atoms with Gasteiger partial charge >= 0.3 is 0 Å². The molecule has 21 heavy (non-hydrogen) atoms. The molecule has 0 saturated heterocycles. The summed E-state index contributed by atoms with van der Waals surface area (Å²) in [5.41, 5.74) is 6.60. The van der Waals surface area contributed by atoms with E-state index in [0.29, 0.717) is 21.3 Å². The van der Waals surface area contributed by atoms with Crippen LogP contribution in [-0.4, -0.2) is 23.0 Å². The molecule has 106 valence electrons. The number of pyridine rings is 1. The van der Waals surface area contributed by atoms with E-state index < -0.39 is 5.91 Å². The molecule has 1 amide bonds. The van der Waals surface area contributed by atoms with Crippen molar-refractivity contribution in [1.29, 1.82) is 0 Å². The highest BCUT2D eigenvalue weighted by atomic mass is 32.1. The third-order valence-corrected chi connectivity index (χ3v) is 4.06. The summed E-state index contributed by atoms with van der Waals surface area (Å²) in [5, 5.41) is 0.133. The van der Waals surface area contributed by atoms with Crippen LogP contribution in [0.1, 0.15) is 9.80 Å². The number of fused-ring (bicyclic) bond motifs is 1. The molecule has 3 rings (SSSR count). The Labute approximate surface area is 123 Å². The summed E-state index contributed by atoms with van der Waals surface area (Å²) >= 11 is 1.09. The Morgan fingerprint density at radius 3 is 2.76 bits per heavy atom. The number of hydrogen-bond donors (Lipinski definition) is 1. The normalized spacial score (nSPS) is 10.8. The Morgan fingerprint density at radius 1 is 1.33 bits per heavy atom. The fourth-order valence-corrected chi connectivity index (χ4v) is 2.95. The van der Waals surface area contributed by atoms with Crippen LogP contribution in [0.3, 0.4) is 0 Å². The summed E-state index contributed by atoms with van der Waals surface area (Å²) in [6, 6.07) is 6.34. The smallest absolute Gasteiger partial charge is 0.277 e. The van der Waals surface area contributed by atoms with Gasteiger partial charge in [0.05, 0.1) is 11.8 Å². The monoisotopic (exact) mass is 303 g/mol. The lowest BCUT2D eigenvalue weighted by Gasteiger charge is -2.06. The molecule has 0 aliphatic rings. The number of carbonyl (C=O) groups excluding carboxylic acids is 1. The van der Waals surface area contributed by atoms with Gasteiger partial charge in [0.25, 0.3) is 5.91 Å². The minimum Gasteiger partial charge on any atom is -0.479 e. The van der Waals surface area contributed by atoms with Gasteiger partial charge in [-0.1, -0.05) is 18.2 Å². The second kappa shape index (κ2) is 5.10. The van der Waals surface area contributed by atoms with Crippen LogP contribution < -0.4 is 10.5 Å². The van der Waals surface area contributed by atoms with Gasteiger partial charge in [0.2, 0.25) is 5.88 Å². The van der Waals surface area contributed by atoms with Crippen molar-refractivity contribution < 1.29 is 13.9 Å². The zero-order valence-corrected chi connectivity index (χ0v) is 11.8. The molecule has 2 N–H and O–H groups in total. The zero-order valence-electron chi connectivity index (χ0n) is 11.0. The number of aromatic nitrogens is 2. The van der Waals surface area contributed by atoms with E-state index in [1.165, 1.54) is 19.4 Å². The van der Waals surface area contributed by atoms with Gasteiger partial charge < -0.3 is 10.5 Å². The minimum atomic E-state index is -0.641. The number of hydrogen-bond acceptors (Lipinski definition) is 5. The molecule has 1 aromatic carbocycles. The Hall–Kier alpha value is -2.54. The third kappa shape index (κ3) is 2.21. The van der Waals surface area contributed by atoms with Gasteiger partial charge in [0, 0.05) is 17.3 Å². The van der Waals surface area contributed by atoms with Crippen molar-refractivity contribution in [3.63, 3.8) is 0 Å². The Balaban J connectivity index is 2.34. The van der Waals surface area contributed by atoms with Crippen LogP contribution in [0.15, 0.2) is 30.5 Å². The predicted octanol–water partition coefficient (Wildman–Crippen LogP) is 2.60. The van der Waals surface area contributed by atoms with Gasteiger partial charge in [-0.2, -0.15) is 0 Å². The lowest BCUT2D eigenvalue weighted by molar-refractivity contribution is 0.1000. The standard InChI is InChI=1S/C14H10FN3O2S/c1-20-13-10-11(21-14(18-10)12(16)19)8(6-17-13)7-4-2-3-5-9(7)15/h2-6H,1H3,(H2,16,19). The first-order valence-corrected chi connectivity index (χ1v) is 6.81. The molecule has 0 aliphatic carbocycles. The number of nitrogens with zero attached hydrogens (tertiary/aromatic N) is 2. The number of ether oxygens (including phenoxy) is 1. The highest BCUT2D eigenvalue weighted by Crippen LogP contribution is 2.37. The molecule has 0 saturated carbocycles. The maximum atomic E-state index is 14.0. The number of nitrogens with two attached hydrogens (primary N) is 1. The van der Waals surface area contributed by atoms with E-state index in [-0.39, 0.29) is 16.7 Å². The van der Waals surface area contributed by atoms with E-state index in [1.807, 2.05) is 0 Å². The summed E-state index contributed by atoms with van der Waals surface area (Å²) in [6.45, 7) is 0. The van der Waals surface area contributed by atoms with Crippen molar-refractivity contribution in [2.75, 3.05) is 7.11 Å². The molecule has 0 aliphatic heterocycles. The molecule has 2 heterocycles. The predicted molar refractivity (Wildman–Crippen MR) is 77.9 cm³/mol. The molecule has 2 aromatic heterocycles. The summed E-state index contributed by atoms with van der Waals surface area (Å²) < 4.78 is 19.7. The Kier molecular flexibility index (Phi) is 3.26. The van der Waals surface area contributed by atoms with Crippen LogP contribution >= 0.6 is 11.3 Å². The average Bonchev–Trinajstić information content (AvgIpc) is 2.92. The third-order valence-electron chi connectivity index (χ3n) is 2.95. The van der Waals surface area contributed by atoms with E-state index in [0.717, 1.165) is 11.3 Å². The van der Waals surface area contributed by atoms with Crippen molar-refractivity contribution in [2.24, 2.45) is 5.73 Å². The number of primary amides is 1. The molecular formula is C14H10FN3O2S. The number of carbonyl (C=O) groups is 1. The Bertz CT molecular complexity index is 847. The first kappa shape index (κ1) is 13.4. The fraction of sp³-hybridized carbons (Fsp3) is 0.0714. The zero-order chi connectivity index (χ0) is 15.0. The van der Waals surface area contributed by atoms with E-state index in [1.54, 1.807) is 18.2 Å². The van der Waals surface area contributed by atoms with E-state index in [4.69, 9.17) is 10.5 Å². The number of benzene rings is 1. The second-order valence-electron chi connectivity index (χ2n) is 4.22. The summed E-state index contributed by atoms with van der Waals surface area (Å²) in [7, 11) is 1.45. The number of halogens is 1. The first-order chi connectivity index (χ1) is 10.1. The molecule has 0 radical (unpaired) electrons. The van der Waals surface area contributed by atoms with Gasteiger partial charge in [-0.3, -0.25) is 4.79 Å². The topological polar surface area (TPSA) is 78.1 Å². The molecule has 0 fully saturated rings. The molecule has 0 bridgehead atoms. The molecule has 7 heteroatoms. The first-order valence-electron chi connectivity index (χ1n) is 6.00. The van der Waals surface area contributed by atoms with Gasteiger partial charge in [0.15, 0.2) is 5.01 Å². The molecule has 3 aromatic rings. The van der Waals surface area contributed by atoms with Crippen LogP contribution in [0.4, 0.5) is 4.39 Å². The van der Waals surface area contributed by atoms with E-state index in [9.17, 15) is 9.18 Å². The molecule has 0 spiro atoms. The van der Waals surface area contributed by atoms with E-state index >= 15 is 0 Å². The maximum absolute atomic E-state index is 14.0. The van der Waals surface area contributed by atoms with Crippen LogP contribution in [-0.2, 0) is 0 Å². The number of methoxy groups -OCH3 is 1. The van der Waals surface area contributed by atoms with Gasteiger partial charge in [0.1, 0.15) is 11.3 Å². The maximum Gasteiger partial charge on any atom is 0.277 e. The lowest BCUT2D eigenvalue weighted by Crippen LogP contribution is -2.09. The number of rotatable bonds is 3. The molecule has 0 unspecified atom stereocenters. The second-order valence-corrected chi connectivity index (χ2v) is 5.22. The van der Waals surface area contributed by atoms with Crippen molar-refractivity contribution in [1.82, 2.24) is 9.97 Å². The van der Waals surface area contributed by atoms with Crippen molar-refractivity contribution in [2.45, 2.75) is 0 Å². The minimum absolute atomic E-state index is 0.133. The number of amides is 1. The van der Waals surface area contributed by atoms with Gasteiger partial charge in [-0.25, -0.2) is 14.4 Å². The SMILES string of the molecule is COc1ncc(-c2ccccc2F)c2sc(C(N)=O)nc12. The van der Waals surface area contributed by atoms with Crippen LogP contribution in [0.2, 0.25) is 0 Å². The van der Waals surface area contributed by atoms with E-state index in [2.05, 4.69) is 9.97 Å². The lowest BCUT2D eigenvalue weighted by atomic mass is 10.1. The summed E-state index contributed by atoms with van der Waals surface area (Å²) in [5.74, 6) is -0.744. The molecule has 5 nitrogen and oxygen atoms in total. The Morgan fingerprint density at radius 2 is 2.10 bits per heavy atom. The summed E-state index contributed by atoms with van der Waals surface area (Å²) in [4.78, 5) is 19.6. The highest BCUT2D eigenvalue weighted by molar-refractivity contribution is 7.20. The van der Waals surface area contributed by atoms with Crippen LogP contribution in [0, 0.1) is 5.82 Å². The van der Waals surface area contributed by atoms with Crippen LogP contribution in [0.5, 0.6) is 5.88 Å². The quantitative estimate of drug-likeness (QED) is 0.806.